The van der Waals surface area contributed by atoms with Crippen molar-refractivity contribution in [1.29, 1.82) is 0 Å². The first-order valence-corrected chi connectivity index (χ1v) is 5.32. The first kappa shape index (κ1) is 11.3. The number of fused-ring (bicyclic) bond motifs is 1. The summed E-state index contributed by atoms with van der Waals surface area (Å²) < 4.78 is 5.18. The summed E-state index contributed by atoms with van der Waals surface area (Å²) in [7, 11) is 0. The third-order valence-electron chi connectivity index (χ3n) is 2.16. The van der Waals surface area contributed by atoms with Crippen molar-refractivity contribution in [1.82, 2.24) is 15.8 Å². The van der Waals surface area contributed by atoms with Crippen LogP contribution >= 0.6 is 11.6 Å². The third-order valence-corrected chi connectivity index (χ3v) is 2.36. The Labute approximate surface area is 98.2 Å². The van der Waals surface area contributed by atoms with Gasteiger partial charge in [0.25, 0.3) is 0 Å². The fraction of sp³-hybridized carbons (Fsp3) is 0.444. The fourth-order valence-electron chi connectivity index (χ4n) is 1.44. The van der Waals surface area contributed by atoms with Crippen molar-refractivity contribution in [3.8, 4) is 0 Å². The summed E-state index contributed by atoms with van der Waals surface area (Å²) in [5.74, 6) is 0. The molecule has 3 N–H and O–H groups in total. The highest BCUT2D eigenvalue weighted by Crippen LogP contribution is 2.19. The summed E-state index contributed by atoms with van der Waals surface area (Å²) in [6.45, 7) is 1.60. The van der Waals surface area contributed by atoms with Gasteiger partial charge in [-0.1, -0.05) is 0 Å². The zero-order chi connectivity index (χ0) is 11.4. The normalized spacial score (nSPS) is 18.1. The smallest absolute Gasteiger partial charge is 0.200 e. The fourth-order valence-corrected chi connectivity index (χ4v) is 1.59. The second-order valence-electron chi connectivity index (χ2n) is 3.23. The molecule has 0 aromatic carbocycles. The molecule has 0 unspecified atom stereocenters. The Bertz CT molecular complexity index is 353. The number of hydrogen-bond donors (Lipinski definition) is 3. The SMILES string of the molecule is OCCOCCN1NC=C2NC(Cl)=NC=C21. The Morgan fingerprint density at radius 2 is 2.38 bits per heavy atom. The molecule has 0 fully saturated rings. The van der Waals surface area contributed by atoms with E-state index in [0.717, 1.165) is 11.4 Å². The van der Waals surface area contributed by atoms with Gasteiger partial charge in [0, 0.05) is 6.20 Å². The van der Waals surface area contributed by atoms with Gasteiger partial charge >= 0.3 is 0 Å². The summed E-state index contributed by atoms with van der Waals surface area (Å²) in [6.07, 6.45) is 3.51. The lowest BCUT2D eigenvalue weighted by molar-refractivity contribution is 0.0762. The number of aliphatic imine (C=N–C) groups is 1. The molecule has 7 heteroatoms. The predicted octanol–water partition coefficient (Wildman–Crippen LogP) is -0.304. The van der Waals surface area contributed by atoms with Crippen molar-refractivity contribution in [2.45, 2.75) is 0 Å². The molecule has 88 valence electrons. The quantitative estimate of drug-likeness (QED) is 0.458. The van der Waals surface area contributed by atoms with Crippen molar-refractivity contribution in [2.75, 3.05) is 26.4 Å². The van der Waals surface area contributed by atoms with Gasteiger partial charge in [-0.25, -0.2) is 4.99 Å². The molecule has 6 nitrogen and oxygen atoms in total. The molecular weight excluding hydrogens is 232 g/mol. The minimum absolute atomic E-state index is 0.0427. The molecule has 0 bridgehead atoms. The molecule has 0 atom stereocenters. The van der Waals surface area contributed by atoms with Crippen molar-refractivity contribution < 1.29 is 9.84 Å². The minimum atomic E-state index is 0.0427. The number of amidine groups is 1. The number of nitrogens with one attached hydrogen (secondary N) is 2. The molecule has 0 aromatic rings. The van der Waals surface area contributed by atoms with Gasteiger partial charge in [-0.15, -0.1) is 0 Å². The van der Waals surface area contributed by atoms with Crippen LogP contribution in [-0.4, -0.2) is 41.8 Å². The molecule has 2 rings (SSSR count). The van der Waals surface area contributed by atoms with Crippen LogP contribution in [0.2, 0.25) is 0 Å². The lowest BCUT2D eigenvalue weighted by atomic mass is 10.3. The summed E-state index contributed by atoms with van der Waals surface area (Å²) in [4.78, 5) is 3.97. The van der Waals surface area contributed by atoms with Crippen LogP contribution in [0, 0.1) is 0 Å². The second kappa shape index (κ2) is 5.20. The minimum Gasteiger partial charge on any atom is -0.394 e. The Morgan fingerprint density at radius 1 is 1.50 bits per heavy atom. The van der Waals surface area contributed by atoms with Crippen molar-refractivity contribution in [3.05, 3.63) is 23.8 Å². The molecule has 2 aliphatic rings. The van der Waals surface area contributed by atoms with Crippen LogP contribution in [0.1, 0.15) is 0 Å². The van der Waals surface area contributed by atoms with Gasteiger partial charge in [0.05, 0.1) is 38.3 Å². The van der Waals surface area contributed by atoms with E-state index in [1.165, 1.54) is 0 Å². The van der Waals surface area contributed by atoms with Gasteiger partial charge in [0.1, 0.15) is 5.70 Å². The first-order valence-electron chi connectivity index (χ1n) is 4.94. The number of ether oxygens (including phenoxy) is 1. The van der Waals surface area contributed by atoms with Crippen molar-refractivity contribution >= 4 is 16.9 Å². The maximum atomic E-state index is 8.56. The Morgan fingerprint density at radius 3 is 3.19 bits per heavy atom. The number of nitrogens with zero attached hydrogens (tertiary/aromatic N) is 2. The van der Waals surface area contributed by atoms with Gasteiger partial charge in [0.15, 0.2) is 0 Å². The first-order chi connectivity index (χ1) is 7.81. The summed E-state index contributed by atoms with van der Waals surface area (Å²) in [5, 5.41) is 13.7. The third kappa shape index (κ3) is 2.46. The molecule has 0 aliphatic carbocycles. The van der Waals surface area contributed by atoms with Gasteiger partial charge in [-0.2, -0.15) is 0 Å². The highest BCUT2D eigenvalue weighted by Gasteiger charge is 2.22. The Hall–Kier alpha value is -1.24. The number of aliphatic hydroxyl groups excluding tert-OH is 1. The summed E-state index contributed by atoms with van der Waals surface area (Å²) >= 11 is 5.73. The van der Waals surface area contributed by atoms with Crippen LogP contribution in [-0.2, 0) is 4.74 Å². The maximum Gasteiger partial charge on any atom is 0.200 e. The van der Waals surface area contributed by atoms with Crippen LogP contribution in [0.5, 0.6) is 0 Å². The van der Waals surface area contributed by atoms with Gasteiger partial charge in [-0.05, 0) is 11.6 Å². The van der Waals surface area contributed by atoms with Gasteiger partial charge in [-0.3, -0.25) is 5.01 Å². The van der Waals surface area contributed by atoms with Gasteiger partial charge in [0.2, 0.25) is 5.29 Å². The van der Waals surface area contributed by atoms with E-state index in [1.54, 1.807) is 6.20 Å². The van der Waals surface area contributed by atoms with Crippen LogP contribution in [0.3, 0.4) is 0 Å². The van der Waals surface area contributed by atoms with E-state index < -0.39 is 0 Å². The van der Waals surface area contributed by atoms with Gasteiger partial charge < -0.3 is 20.6 Å². The van der Waals surface area contributed by atoms with Crippen LogP contribution < -0.4 is 10.7 Å². The van der Waals surface area contributed by atoms with E-state index in [1.807, 2.05) is 11.2 Å². The Kier molecular flexibility index (Phi) is 3.66. The average Bonchev–Trinajstić information content (AvgIpc) is 2.67. The largest absolute Gasteiger partial charge is 0.394 e. The van der Waals surface area contributed by atoms with E-state index in [9.17, 15) is 0 Å². The molecule has 0 saturated heterocycles. The molecule has 0 amide bonds. The standard InChI is InChI=1S/C9H13ClN4O2/c10-9-11-6-8-7(13-9)5-12-14(8)1-3-16-4-2-15/h5-6,12,15H,1-4H2,(H,11,13). The maximum absolute atomic E-state index is 8.56. The number of aliphatic hydroxyl groups is 1. The molecule has 0 saturated carbocycles. The van der Waals surface area contributed by atoms with E-state index in [-0.39, 0.29) is 6.61 Å². The average molecular weight is 245 g/mol. The van der Waals surface area contributed by atoms with E-state index in [4.69, 9.17) is 21.4 Å². The lowest BCUT2D eigenvalue weighted by Crippen LogP contribution is -2.34. The molecule has 16 heavy (non-hydrogen) atoms. The highest BCUT2D eigenvalue weighted by molar-refractivity contribution is 6.65. The number of hydrazine groups is 1. The van der Waals surface area contributed by atoms with Crippen LogP contribution in [0.25, 0.3) is 0 Å². The molecule has 2 heterocycles. The highest BCUT2D eigenvalue weighted by atomic mass is 35.5. The Balaban J connectivity index is 1.85. The number of rotatable bonds is 5. The molecule has 2 aliphatic heterocycles. The monoisotopic (exact) mass is 244 g/mol. The zero-order valence-corrected chi connectivity index (χ0v) is 9.37. The topological polar surface area (TPSA) is 69.1 Å². The number of hydrogen-bond acceptors (Lipinski definition) is 6. The van der Waals surface area contributed by atoms with E-state index in [2.05, 4.69) is 15.7 Å². The van der Waals surface area contributed by atoms with Crippen molar-refractivity contribution in [3.63, 3.8) is 0 Å². The lowest BCUT2D eigenvalue weighted by Gasteiger charge is -2.22. The molecular formula is C9H13ClN4O2. The summed E-state index contributed by atoms with van der Waals surface area (Å²) in [5.41, 5.74) is 4.88. The zero-order valence-electron chi connectivity index (χ0n) is 8.61. The van der Waals surface area contributed by atoms with E-state index in [0.29, 0.717) is 25.1 Å². The van der Waals surface area contributed by atoms with Crippen LogP contribution in [0.15, 0.2) is 28.8 Å². The predicted molar refractivity (Wildman–Crippen MR) is 60.3 cm³/mol. The van der Waals surface area contributed by atoms with E-state index >= 15 is 0 Å². The molecule has 0 aromatic heterocycles. The number of halogens is 1. The molecule has 0 spiro atoms. The van der Waals surface area contributed by atoms with Crippen molar-refractivity contribution in [2.24, 2.45) is 4.99 Å². The summed E-state index contributed by atoms with van der Waals surface area (Å²) in [6, 6.07) is 0. The van der Waals surface area contributed by atoms with Crippen LogP contribution in [0.4, 0.5) is 0 Å². The molecule has 0 radical (unpaired) electrons. The second-order valence-corrected chi connectivity index (χ2v) is 3.59.